The lowest BCUT2D eigenvalue weighted by Crippen LogP contribution is -1.87. The van der Waals surface area contributed by atoms with E-state index in [0.29, 0.717) is 0 Å². The van der Waals surface area contributed by atoms with E-state index in [-0.39, 0.29) is 6.61 Å². The Bertz CT molecular complexity index is 797. The van der Waals surface area contributed by atoms with Gasteiger partial charge in [-0.3, -0.25) is 0 Å². The molecule has 0 aliphatic heterocycles. The number of hydrogen-bond acceptors (Lipinski definition) is 1. The van der Waals surface area contributed by atoms with Gasteiger partial charge in [0.05, 0.1) is 6.61 Å². The molecule has 0 spiro atoms. The number of hydrogen-bond donors (Lipinski definition) is 1. The normalized spacial score (nSPS) is 10.6. The van der Waals surface area contributed by atoms with Gasteiger partial charge in [0, 0.05) is 41.0 Å². The van der Waals surface area contributed by atoms with Gasteiger partial charge in [-0.2, -0.15) is 0 Å². The predicted octanol–water partition coefficient (Wildman–Crippen LogP) is 5.18. The Labute approximate surface area is 151 Å². The summed E-state index contributed by atoms with van der Waals surface area (Å²) in [6.45, 7) is -0.0276. The molecule has 0 aliphatic carbocycles. The molecule has 0 saturated heterocycles. The van der Waals surface area contributed by atoms with Gasteiger partial charge < -0.3 is 5.11 Å². The topological polar surface area (TPSA) is 20.2 Å². The lowest BCUT2D eigenvalue weighted by Gasteiger charge is -2.00. The molecule has 0 fully saturated rings. The number of benzene rings is 2. The van der Waals surface area contributed by atoms with Gasteiger partial charge in [0.1, 0.15) is 0 Å². The van der Waals surface area contributed by atoms with E-state index in [1.165, 1.54) is 10.8 Å². The molecule has 2 heteroatoms. The van der Waals surface area contributed by atoms with Crippen LogP contribution >= 0.6 is 22.6 Å². The van der Waals surface area contributed by atoms with Crippen LogP contribution in [0.1, 0.15) is 31.2 Å². The van der Waals surface area contributed by atoms with E-state index >= 15 is 0 Å². The van der Waals surface area contributed by atoms with E-state index < -0.39 is 0 Å². The fourth-order valence-corrected chi connectivity index (χ4v) is 2.54. The summed E-state index contributed by atoms with van der Waals surface area (Å²) in [4.78, 5) is 0. The maximum atomic E-state index is 9.48. The summed E-state index contributed by atoms with van der Waals surface area (Å²) in [6.07, 6.45) is 5.87. The summed E-state index contributed by atoms with van der Waals surface area (Å²) < 4.78 is 2.87. The number of rotatable bonds is 5. The minimum absolute atomic E-state index is 0.0276. The average Bonchev–Trinajstić information content (AvgIpc) is 2.59. The second-order valence-electron chi connectivity index (χ2n) is 5.21. The van der Waals surface area contributed by atoms with Crippen molar-refractivity contribution in [3.8, 4) is 21.7 Å². The molecule has 1 nitrogen and oxygen atoms in total. The third-order valence-electron chi connectivity index (χ3n) is 3.45. The van der Waals surface area contributed by atoms with Gasteiger partial charge in [-0.05, 0) is 45.2 Å². The molecule has 1 N–H and O–H groups in total. The average molecular weight is 414 g/mol. The zero-order valence-corrected chi connectivity index (χ0v) is 15.1. The fourth-order valence-electron chi connectivity index (χ4n) is 2.27. The number of unbranched alkanes of at least 4 members (excludes halogenated alkanes) is 3. The maximum absolute atomic E-state index is 9.48. The van der Waals surface area contributed by atoms with Crippen molar-refractivity contribution in [2.45, 2.75) is 25.7 Å². The van der Waals surface area contributed by atoms with Crippen LogP contribution in [-0.2, 0) is 0 Å². The second-order valence-corrected chi connectivity index (χ2v) is 5.75. The van der Waals surface area contributed by atoms with E-state index in [2.05, 4.69) is 74.6 Å². The highest BCUT2D eigenvalue weighted by Crippen LogP contribution is 2.17. The number of fused-ring (bicyclic) bond motifs is 1. The Hall–Kier alpha value is -1.75. The van der Waals surface area contributed by atoms with Crippen LogP contribution in [0, 0.1) is 21.7 Å². The summed E-state index contributed by atoms with van der Waals surface area (Å²) >= 11 is 2.06. The Kier molecular flexibility index (Phi) is 7.73. The first-order valence-electron chi connectivity index (χ1n) is 7.71. The Morgan fingerprint density at radius 2 is 1.74 bits per heavy atom. The molecule has 0 aliphatic rings. The van der Waals surface area contributed by atoms with Crippen molar-refractivity contribution in [1.82, 2.24) is 0 Å². The lowest BCUT2D eigenvalue weighted by atomic mass is 10.1. The second kappa shape index (κ2) is 10.1. The number of aliphatic hydroxyl groups is 1. The van der Waals surface area contributed by atoms with Gasteiger partial charge in [0.15, 0.2) is 0 Å². The molecule has 0 saturated carbocycles. The first-order chi connectivity index (χ1) is 11.3. The van der Waals surface area contributed by atoms with Gasteiger partial charge in [-0.25, -0.2) is 0 Å². The highest BCUT2D eigenvalue weighted by atomic mass is 127. The Balaban J connectivity index is 2.00. The molecule has 23 heavy (non-hydrogen) atoms. The highest BCUT2D eigenvalue weighted by molar-refractivity contribution is 14.1. The van der Waals surface area contributed by atoms with Crippen molar-refractivity contribution >= 4 is 39.4 Å². The first kappa shape index (κ1) is 17.6. The van der Waals surface area contributed by atoms with Gasteiger partial charge in [-0.1, -0.05) is 54.2 Å². The standard InChI is InChI=1S/C21H19IO/c22-14-8-4-2-1-3-5-9-19(17-23)15-18-12-13-20-10-6-7-11-21(20)16-18/h6-7,10-13,15-16,23H,1-4,17H2/b19-15-. The van der Waals surface area contributed by atoms with Crippen molar-refractivity contribution in [1.29, 1.82) is 0 Å². The quantitative estimate of drug-likeness (QED) is 0.407. The zero-order valence-electron chi connectivity index (χ0n) is 13.0. The summed E-state index contributed by atoms with van der Waals surface area (Å²) in [5.41, 5.74) is 1.83. The largest absolute Gasteiger partial charge is 0.391 e. The van der Waals surface area contributed by atoms with Crippen molar-refractivity contribution in [3.63, 3.8) is 0 Å². The summed E-state index contributed by atoms with van der Waals surface area (Å²) in [7, 11) is 0. The molecule has 2 aromatic rings. The summed E-state index contributed by atoms with van der Waals surface area (Å²) in [5.74, 6) is 9.27. The van der Waals surface area contributed by atoms with E-state index in [1.54, 1.807) is 0 Å². The first-order valence-corrected chi connectivity index (χ1v) is 8.79. The van der Waals surface area contributed by atoms with Gasteiger partial charge in [-0.15, -0.1) is 0 Å². The summed E-state index contributed by atoms with van der Waals surface area (Å²) in [6, 6.07) is 14.5. The predicted molar refractivity (Wildman–Crippen MR) is 107 cm³/mol. The third-order valence-corrected chi connectivity index (χ3v) is 3.84. The Morgan fingerprint density at radius 1 is 1.00 bits per heavy atom. The van der Waals surface area contributed by atoms with Gasteiger partial charge in [0.25, 0.3) is 0 Å². The SMILES string of the molecule is OC/C(C#CCCCCC#CI)=C\c1ccc2ccccc2c1. The Morgan fingerprint density at radius 3 is 2.48 bits per heavy atom. The molecular weight excluding hydrogens is 395 g/mol. The van der Waals surface area contributed by atoms with Gasteiger partial charge in [0.2, 0.25) is 0 Å². The van der Waals surface area contributed by atoms with E-state index in [1.807, 2.05) is 18.2 Å². The van der Waals surface area contributed by atoms with E-state index in [0.717, 1.165) is 36.8 Å². The van der Waals surface area contributed by atoms with Crippen molar-refractivity contribution in [2.75, 3.05) is 6.61 Å². The van der Waals surface area contributed by atoms with Crippen LogP contribution in [0.2, 0.25) is 0 Å². The zero-order chi connectivity index (χ0) is 16.3. The van der Waals surface area contributed by atoms with Crippen molar-refractivity contribution in [3.05, 3.63) is 53.6 Å². The number of halogens is 1. The van der Waals surface area contributed by atoms with Gasteiger partial charge >= 0.3 is 0 Å². The van der Waals surface area contributed by atoms with Crippen LogP contribution in [0.25, 0.3) is 16.8 Å². The summed E-state index contributed by atoms with van der Waals surface area (Å²) in [5, 5.41) is 11.9. The molecule has 0 heterocycles. The van der Waals surface area contributed by atoms with E-state index in [4.69, 9.17) is 0 Å². The monoisotopic (exact) mass is 414 g/mol. The van der Waals surface area contributed by atoms with Crippen LogP contribution in [0.3, 0.4) is 0 Å². The highest BCUT2D eigenvalue weighted by Gasteiger charge is 1.96. The fraction of sp³-hybridized carbons (Fsp3) is 0.238. The van der Waals surface area contributed by atoms with Crippen molar-refractivity contribution in [2.24, 2.45) is 0 Å². The molecule has 0 aromatic heterocycles. The van der Waals surface area contributed by atoms with Crippen LogP contribution in [-0.4, -0.2) is 11.7 Å². The molecule has 0 atom stereocenters. The molecule has 0 radical (unpaired) electrons. The van der Waals surface area contributed by atoms with Crippen LogP contribution in [0.15, 0.2) is 48.0 Å². The van der Waals surface area contributed by atoms with Crippen LogP contribution < -0.4 is 0 Å². The van der Waals surface area contributed by atoms with Crippen molar-refractivity contribution < 1.29 is 5.11 Å². The minimum Gasteiger partial charge on any atom is -0.391 e. The van der Waals surface area contributed by atoms with Crippen LogP contribution in [0.4, 0.5) is 0 Å². The van der Waals surface area contributed by atoms with Crippen LogP contribution in [0.5, 0.6) is 0 Å². The molecule has 0 bridgehead atoms. The smallest absolute Gasteiger partial charge is 0.0760 e. The lowest BCUT2D eigenvalue weighted by molar-refractivity contribution is 0.337. The molecule has 116 valence electrons. The minimum atomic E-state index is -0.0276. The molecule has 0 unspecified atom stereocenters. The molecule has 2 aromatic carbocycles. The molecule has 0 amide bonds. The third kappa shape index (κ3) is 6.10. The molecular formula is C21H19IO. The van der Waals surface area contributed by atoms with E-state index in [9.17, 15) is 5.11 Å². The number of aliphatic hydroxyl groups excluding tert-OH is 1. The maximum Gasteiger partial charge on any atom is 0.0760 e. The molecule has 2 rings (SSSR count).